The van der Waals surface area contributed by atoms with Crippen LogP contribution in [0.4, 0.5) is 0 Å². The van der Waals surface area contributed by atoms with E-state index in [2.05, 4.69) is 10.2 Å². The van der Waals surface area contributed by atoms with E-state index in [1.807, 2.05) is 0 Å². The van der Waals surface area contributed by atoms with Crippen LogP contribution >= 0.6 is 0 Å². The van der Waals surface area contributed by atoms with Gasteiger partial charge >= 0.3 is 0 Å². The maximum absolute atomic E-state index is 12.1. The Morgan fingerprint density at radius 2 is 2.18 bits per heavy atom. The van der Waals surface area contributed by atoms with Gasteiger partial charge in [-0.3, -0.25) is 4.79 Å². The molecule has 0 aromatic rings. The molecule has 0 bridgehead atoms. The average Bonchev–Trinajstić information content (AvgIpc) is 2.70. The maximum atomic E-state index is 12.1. The fourth-order valence-corrected chi connectivity index (χ4v) is 2.89. The molecular formula is C13H24N2O2. The molecule has 2 fully saturated rings. The number of carbonyl (C=O) groups is 1. The van der Waals surface area contributed by atoms with E-state index < -0.39 is 0 Å². The fraction of sp³-hybridized carbons (Fsp3) is 0.923. The van der Waals surface area contributed by atoms with Gasteiger partial charge in [-0.25, -0.2) is 0 Å². The highest BCUT2D eigenvalue weighted by molar-refractivity contribution is 5.78. The van der Waals surface area contributed by atoms with Crippen molar-refractivity contribution < 1.29 is 9.53 Å². The summed E-state index contributed by atoms with van der Waals surface area (Å²) < 4.78 is 4.95. The molecule has 4 nitrogen and oxygen atoms in total. The molecule has 1 amide bonds. The van der Waals surface area contributed by atoms with Crippen LogP contribution in [-0.4, -0.2) is 50.2 Å². The number of amides is 1. The molecule has 1 aliphatic heterocycles. The summed E-state index contributed by atoms with van der Waals surface area (Å²) in [7, 11) is 1.68. The molecule has 4 heteroatoms. The molecule has 0 aromatic carbocycles. The summed E-state index contributed by atoms with van der Waals surface area (Å²) in [6.45, 7) is 2.85. The van der Waals surface area contributed by atoms with Gasteiger partial charge in [0.05, 0.1) is 13.2 Å². The molecule has 0 spiro atoms. The number of likely N-dealkylation sites (tertiary alicyclic amines) is 1. The van der Waals surface area contributed by atoms with Gasteiger partial charge in [0.1, 0.15) is 0 Å². The van der Waals surface area contributed by atoms with Crippen LogP contribution in [0.1, 0.15) is 32.1 Å². The lowest BCUT2D eigenvalue weighted by Gasteiger charge is -2.37. The van der Waals surface area contributed by atoms with Crippen molar-refractivity contribution >= 4 is 5.91 Å². The van der Waals surface area contributed by atoms with Crippen LogP contribution in [-0.2, 0) is 9.53 Å². The van der Waals surface area contributed by atoms with Gasteiger partial charge in [-0.05, 0) is 31.6 Å². The molecule has 1 atom stereocenters. The summed E-state index contributed by atoms with van der Waals surface area (Å²) in [5.41, 5.74) is 0. The second-order valence-corrected chi connectivity index (χ2v) is 5.16. The van der Waals surface area contributed by atoms with Crippen molar-refractivity contribution in [1.29, 1.82) is 0 Å². The lowest BCUT2D eigenvalue weighted by molar-refractivity contribution is -0.132. The van der Waals surface area contributed by atoms with E-state index in [9.17, 15) is 4.79 Å². The first-order valence-corrected chi connectivity index (χ1v) is 6.82. The third-order valence-corrected chi connectivity index (χ3v) is 4.07. The van der Waals surface area contributed by atoms with Crippen molar-refractivity contribution in [1.82, 2.24) is 10.2 Å². The summed E-state index contributed by atoms with van der Waals surface area (Å²) in [6.07, 6.45) is 6.41. The highest BCUT2D eigenvalue weighted by Gasteiger charge is 2.36. The molecule has 1 heterocycles. The van der Waals surface area contributed by atoms with Gasteiger partial charge in [0.2, 0.25) is 5.91 Å². The molecule has 0 radical (unpaired) electrons. The number of hydrogen-bond acceptors (Lipinski definition) is 3. The quantitative estimate of drug-likeness (QED) is 0.705. The van der Waals surface area contributed by atoms with Crippen molar-refractivity contribution in [2.75, 3.05) is 33.4 Å². The fourth-order valence-electron chi connectivity index (χ4n) is 2.89. The van der Waals surface area contributed by atoms with Gasteiger partial charge in [-0.15, -0.1) is 0 Å². The summed E-state index contributed by atoms with van der Waals surface area (Å²) in [6, 6.07) is 0.542. The highest BCUT2D eigenvalue weighted by atomic mass is 16.5. The smallest absolute Gasteiger partial charge is 0.236 e. The molecule has 1 aliphatic carbocycles. The number of nitrogens with zero attached hydrogens (tertiary/aromatic N) is 1. The predicted octanol–water partition coefficient (Wildman–Crippen LogP) is 1.01. The van der Waals surface area contributed by atoms with Crippen molar-refractivity contribution in [3.05, 3.63) is 0 Å². The molecule has 1 saturated carbocycles. The minimum Gasteiger partial charge on any atom is -0.383 e. The molecule has 2 aliphatic rings. The Bertz CT molecular complexity index is 254. The average molecular weight is 240 g/mol. The first-order chi connectivity index (χ1) is 8.33. The third-order valence-electron chi connectivity index (χ3n) is 4.07. The highest BCUT2D eigenvalue weighted by Crippen LogP contribution is 2.36. The minimum absolute atomic E-state index is 0.274. The van der Waals surface area contributed by atoms with Gasteiger partial charge in [0.15, 0.2) is 0 Å². The molecular weight excluding hydrogens is 216 g/mol. The van der Waals surface area contributed by atoms with Crippen molar-refractivity contribution in [2.24, 2.45) is 5.92 Å². The largest absolute Gasteiger partial charge is 0.383 e. The normalized spacial score (nSPS) is 25.0. The van der Waals surface area contributed by atoms with Crippen LogP contribution in [0.25, 0.3) is 0 Å². The number of carbonyl (C=O) groups excluding carboxylic acids is 1. The second-order valence-electron chi connectivity index (χ2n) is 5.16. The number of methoxy groups -OCH3 is 1. The van der Waals surface area contributed by atoms with E-state index in [1.165, 1.54) is 32.1 Å². The Balaban J connectivity index is 1.73. The summed E-state index contributed by atoms with van der Waals surface area (Å²) >= 11 is 0. The van der Waals surface area contributed by atoms with E-state index in [-0.39, 0.29) is 5.91 Å². The molecule has 98 valence electrons. The molecule has 2 rings (SSSR count). The summed E-state index contributed by atoms with van der Waals surface area (Å²) in [5.74, 6) is 1.07. The standard InChI is InChI=1S/C13H24N2O2/c1-17-9-7-14-10-13(16)15-8-3-6-12(15)11-4-2-5-11/h11-12,14H,2-10H2,1H3. The SMILES string of the molecule is COCCNCC(=O)N1CCCC1C1CCC1. The first-order valence-electron chi connectivity index (χ1n) is 6.82. The molecule has 0 aromatic heterocycles. The lowest BCUT2D eigenvalue weighted by Crippen LogP contribution is -2.46. The topological polar surface area (TPSA) is 41.6 Å². The molecule has 1 N–H and O–H groups in total. The first kappa shape index (κ1) is 12.8. The van der Waals surface area contributed by atoms with Gasteiger partial charge in [0, 0.05) is 26.2 Å². The number of rotatable bonds is 6. The van der Waals surface area contributed by atoms with Gasteiger partial charge in [-0.2, -0.15) is 0 Å². The lowest BCUT2D eigenvalue weighted by atomic mass is 9.79. The van der Waals surface area contributed by atoms with E-state index in [4.69, 9.17) is 4.74 Å². The van der Waals surface area contributed by atoms with Crippen LogP contribution in [0.2, 0.25) is 0 Å². The van der Waals surface area contributed by atoms with Crippen LogP contribution in [0.15, 0.2) is 0 Å². The van der Waals surface area contributed by atoms with Gasteiger partial charge in [0.25, 0.3) is 0 Å². The second kappa shape index (κ2) is 6.36. The van der Waals surface area contributed by atoms with Crippen molar-refractivity contribution in [2.45, 2.75) is 38.1 Å². The molecule has 1 saturated heterocycles. The zero-order valence-electron chi connectivity index (χ0n) is 10.8. The van der Waals surface area contributed by atoms with Crippen LogP contribution < -0.4 is 5.32 Å². The van der Waals surface area contributed by atoms with Crippen LogP contribution in [0, 0.1) is 5.92 Å². The number of hydrogen-bond donors (Lipinski definition) is 1. The Labute approximate surface area is 104 Å². The summed E-state index contributed by atoms with van der Waals surface area (Å²) in [5, 5.41) is 3.14. The van der Waals surface area contributed by atoms with Crippen LogP contribution in [0.3, 0.4) is 0 Å². The zero-order chi connectivity index (χ0) is 12.1. The number of ether oxygens (including phenoxy) is 1. The Kier molecular flexibility index (Phi) is 4.80. The van der Waals surface area contributed by atoms with E-state index in [0.717, 1.165) is 19.0 Å². The Morgan fingerprint density at radius 3 is 2.82 bits per heavy atom. The van der Waals surface area contributed by atoms with Crippen molar-refractivity contribution in [3.8, 4) is 0 Å². The summed E-state index contributed by atoms with van der Waals surface area (Å²) in [4.78, 5) is 14.2. The van der Waals surface area contributed by atoms with Crippen LogP contribution in [0.5, 0.6) is 0 Å². The van der Waals surface area contributed by atoms with E-state index in [1.54, 1.807) is 7.11 Å². The minimum atomic E-state index is 0.274. The molecule has 17 heavy (non-hydrogen) atoms. The van der Waals surface area contributed by atoms with Gasteiger partial charge in [-0.1, -0.05) is 6.42 Å². The van der Waals surface area contributed by atoms with E-state index in [0.29, 0.717) is 19.2 Å². The van der Waals surface area contributed by atoms with Gasteiger partial charge < -0.3 is 15.0 Å². The monoisotopic (exact) mass is 240 g/mol. The zero-order valence-corrected chi connectivity index (χ0v) is 10.8. The molecule has 1 unspecified atom stereocenters. The predicted molar refractivity (Wildman–Crippen MR) is 66.8 cm³/mol. The van der Waals surface area contributed by atoms with Crippen molar-refractivity contribution in [3.63, 3.8) is 0 Å². The maximum Gasteiger partial charge on any atom is 0.236 e. The van der Waals surface area contributed by atoms with E-state index >= 15 is 0 Å². The Morgan fingerprint density at radius 1 is 1.35 bits per heavy atom. The number of nitrogens with one attached hydrogen (secondary N) is 1. The third kappa shape index (κ3) is 3.19. The Hall–Kier alpha value is -0.610.